The van der Waals surface area contributed by atoms with Crippen molar-refractivity contribution in [2.45, 2.75) is 38.7 Å². The molecule has 4 rings (SSSR count). The van der Waals surface area contributed by atoms with Gasteiger partial charge in [-0.25, -0.2) is 4.98 Å². The number of anilines is 1. The van der Waals surface area contributed by atoms with Crippen molar-refractivity contribution in [1.82, 2.24) is 15.0 Å². The van der Waals surface area contributed by atoms with E-state index in [1.54, 1.807) is 6.20 Å². The predicted molar refractivity (Wildman–Crippen MR) is 101 cm³/mol. The van der Waals surface area contributed by atoms with Gasteiger partial charge in [-0.15, -0.1) is 0 Å². The van der Waals surface area contributed by atoms with E-state index in [2.05, 4.69) is 15.0 Å². The fourth-order valence-corrected chi connectivity index (χ4v) is 3.99. The Morgan fingerprint density at radius 1 is 1.26 bits per heavy atom. The molecule has 27 heavy (non-hydrogen) atoms. The number of hydrogen-bond donors (Lipinski definition) is 1. The van der Waals surface area contributed by atoms with Crippen molar-refractivity contribution in [2.24, 2.45) is 5.92 Å². The number of pyridine rings is 1. The van der Waals surface area contributed by atoms with Gasteiger partial charge < -0.3 is 19.4 Å². The molecule has 1 amide bonds. The normalized spacial score (nSPS) is 23.0. The highest BCUT2D eigenvalue weighted by molar-refractivity contribution is 5.94. The van der Waals surface area contributed by atoms with Crippen LogP contribution in [0.2, 0.25) is 0 Å². The van der Waals surface area contributed by atoms with E-state index in [1.807, 2.05) is 30.0 Å². The second-order valence-electron chi connectivity index (χ2n) is 7.63. The van der Waals surface area contributed by atoms with Gasteiger partial charge in [-0.05, 0) is 38.3 Å². The van der Waals surface area contributed by atoms with Crippen molar-refractivity contribution in [3.8, 4) is 0 Å². The van der Waals surface area contributed by atoms with Gasteiger partial charge in [-0.3, -0.25) is 4.79 Å². The topological polar surface area (TPSA) is 82.7 Å². The van der Waals surface area contributed by atoms with E-state index in [-0.39, 0.29) is 11.8 Å². The first-order chi connectivity index (χ1) is 13.1. The van der Waals surface area contributed by atoms with Crippen LogP contribution in [0, 0.1) is 12.8 Å². The van der Waals surface area contributed by atoms with Crippen LogP contribution in [0.5, 0.6) is 0 Å². The summed E-state index contributed by atoms with van der Waals surface area (Å²) >= 11 is 0. The lowest BCUT2D eigenvalue weighted by atomic mass is 10.0. The summed E-state index contributed by atoms with van der Waals surface area (Å²) in [5, 5.41) is 14.3. The van der Waals surface area contributed by atoms with Crippen molar-refractivity contribution >= 4 is 11.7 Å². The van der Waals surface area contributed by atoms with Crippen LogP contribution in [-0.4, -0.2) is 58.3 Å². The summed E-state index contributed by atoms with van der Waals surface area (Å²) in [6.07, 6.45) is 5.24. The number of nitrogens with zero attached hydrogens (tertiary/aromatic N) is 4. The number of likely N-dealkylation sites (tertiary alicyclic amines) is 1. The van der Waals surface area contributed by atoms with Crippen LogP contribution in [0.25, 0.3) is 0 Å². The first kappa shape index (κ1) is 18.0. The third-order valence-corrected chi connectivity index (χ3v) is 5.51. The van der Waals surface area contributed by atoms with E-state index in [9.17, 15) is 9.90 Å². The highest BCUT2D eigenvalue weighted by Gasteiger charge is 2.33. The summed E-state index contributed by atoms with van der Waals surface area (Å²) in [7, 11) is 0. The molecule has 2 aromatic heterocycles. The van der Waals surface area contributed by atoms with Crippen molar-refractivity contribution < 1.29 is 14.4 Å². The number of carbonyl (C=O) groups is 1. The minimum Gasteiger partial charge on any atom is -0.391 e. The van der Waals surface area contributed by atoms with Crippen LogP contribution in [0.3, 0.4) is 0 Å². The maximum Gasteiger partial charge on any atom is 0.255 e. The molecule has 2 saturated heterocycles. The number of β-amino-alcohol motifs (C(OH)–C–C–N with tert-alkyl or cyclic N) is 1. The van der Waals surface area contributed by atoms with Gasteiger partial charge in [0.05, 0.1) is 17.4 Å². The third kappa shape index (κ3) is 3.98. The quantitative estimate of drug-likeness (QED) is 0.887. The Bertz CT molecular complexity index is 783. The zero-order valence-electron chi connectivity index (χ0n) is 15.7. The highest BCUT2D eigenvalue weighted by atomic mass is 16.5. The van der Waals surface area contributed by atoms with Gasteiger partial charge in [0.1, 0.15) is 11.6 Å². The molecule has 0 spiro atoms. The average molecular weight is 370 g/mol. The number of piperidine rings is 1. The largest absolute Gasteiger partial charge is 0.391 e. The van der Waals surface area contributed by atoms with Crippen LogP contribution < -0.4 is 4.90 Å². The monoisotopic (exact) mass is 370 g/mol. The molecule has 2 atom stereocenters. The molecule has 0 aliphatic carbocycles. The molecule has 0 saturated carbocycles. The Balaban J connectivity index is 1.39. The van der Waals surface area contributed by atoms with E-state index in [0.717, 1.165) is 43.2 Å². The molecule has 2 aliphatic heterocycles. The minimum atomic E-state index is -0.438. The number of carbonyl (C=O) groups excluding carboxylic acids is 1. The zero-order chi connectivity index (χ0) is 18.8. The van der Waals surface area contributed by atoms with Crippen LogP contribution in [-0.2, 0) is 6.42 Å². The Morgan fingerprint density at radius 2 is 2.07 bits per heavy atom. The minimum absolute atomic E-state index is 0.0637. The molecule has 2 aliphatic rings. The molecule has 4 heterocycles. The average Bonchev–Trinajstić information content (AvgIpc) is 3.28. The number of aliphatic hydroxyl groups is 1. The van der Waals surface area contributed by atoms with Crippen molar-refractivity contribution in [2.75, 3.05) is 31.1 Å². The number of rotatable bonds is 4. The number of hydrogen-bond acceptors (Lipinski definition) is 6. The van der Waals surface area contributed by atoms with Gasteiger partial charge >= 0.3 is 0 Å². The van der Waals surface area contributed by atoms with Gasteiger partial charge in [-0.2, -0.15) is 0 Å². The maximum atomic E-state index is 12.6. The Morgan fingerprint density at radius 3 is 2.74 bits per heavy atom. The van der Waals surface area contributed by atoms with Gasteiger partial charge in [0.25, 0.3) is 5.91 Å². The molecular formula is C20H26N4O3. The third-order valence-electron chi connectivity index (χ3n) is 5.51. The summed E-state index contributed by atoms with van der Waals surface area (Å²) in [5.41, 5.74) is 1.49. The smallest absolute Gasteiger partial charge is 0.255 e. The van der Waals surface area contributed by atoms with Gasteiger partial charge in [0, 0.05) is 50.8 Å². The molecule has 2 aromatic rings. The van der Waals surface area contributed by atoms with Crippen LogP contribution in [0.1, 0.15) is 41.1 Å². The SMILES string of the molecule is Cc1cc(C[C@@H]2CN(c3ccc(C(=O)N4CCCCC4)cn3)C[C@@H]2O)on1. The highest BCUT2D eigenvalue weighted by Crippen LogP contribution is 2.26. The molecule has 144 valence electrons. The summed E-state index contributed by atoms with van der Waals surface area (Å²) < 4.78 is 5.28. The number of aliphatic hydroxyl groups excluding tert-OH is 1. The van der Waals surface area contributed by atoms with Crippen molar-refractivity contribution in [1.29, 1.82) is 0 Å². The van der Waals surface area contributed by atoms with Gasteiger partial charge in [0.2, 0.25) is 0 Å². The maximum absolute atomic E-state index is 12.6. The lowest BCUT2D eigenvalue weighted by Gasteiger charge is -2.26. The molecule has 2 fully saturated rings. The Kier molecular flexibility index (Phi) is 5.11. The van der Waals surface area contributed by atoms with Gasteiger partial charge in [-0.1, -0.05) is 5.16 Å². The first-order valence-electron chi connectivity index (χ1n) is 9.70. The van der Waals surface area contributed by atoms with Gasteiger partial charge in [0.15, 0.2) is 0 Å². The lowest BCUT2D eigenvalue weighted by Crippen LogP contribution is -2.35. The Hall–Kier alpha value is -2.41. The molecule has 7 heteroatoms. The standard InChI is InChI=1S/C20H26N4O3/c1-14-9-17(27-22-14)10-16-12-24(13-18(16)25)19-6-5-15(11-21-19)20(26)23-7-3-2-4-8-23/h5-6,9,11,16,18,25H,2-4,7-8,10,12-13H2,1H3/t16-,18+/m1/s1. The van der Waals surface area contributed by atoms with Crippen molar-refractivity contribution in [3.05, 3.63) is 41.4 Å². The summed E-state index contributed by atoms with van der Waals surface area (Å²) in [4.78, 5) is 21.0. The fraction of sp³-hybridized carbons (Fsp3) is 0.550. The second kappa shape index (κ2) is 7.68. The van der Waals surface area contributed by atoms with E-state index in [1.165, 1.54) is 6.42 Å². The predicted octanol–water partition coefficient (Wildman–Crippen LogP) is 2.04. The van der Waals surface area contributed by atoms with Crippen LogP contribution in [0.15, 0.2) is 28.9 Å². The molecule has 0 unspecified atom stereocenters. The number of amides is 1. The zero-order valence-corrected chi connectivity index (χ0v) is 15.7. The molecule has 0 bridgehead atoms. The summed E-state index contributed by atoms with van der Waals surface area (Å²) in [6, 6.07) is 5.64. The molecule has 7 nitrogen and oxygen atoms in total. The summed E-state index contributed by atoms with van der Waals surface area (Å²) in [5.74, 6) is 1.73. The Labute approximate surface area is 159 Å². The van der Waals surface area contributed by atoms with Crippen LogP contribution >= 0.6 is 0 Å². The van der Waals surface area contributed by atoms with E-state index >= 15 is 0 Å². The lowest BCUT2D eigenvalue weighted by molar-refractivity contribution is 0.0724. The number of aryl methyl sites for hydroxylation is 1. The van der Waals surface area contributed by atoms with Crippen LogP contribution in [0.4, 0.5) is 5.82 Å². The fourth-order valence-electron chi connectivity index (χ4n) is 3.99. The van der Waals surface area contributed by atoms with Crippen molar-refractivity contribution in [3.63, 3.8) is 0 Å². The molecule has 1 N–H and O–H groups in total. The second-order valence-corrected chi connectivity index (χ2v) is 7.63. The molecule has 0 aromatic carbocycles. The van der Waals surface area contributed by atoms with E-state index in [4.69, 9.17) is 4.52 Å². The molecule has 0 radical (unpaired) electrons. The molecular weight excluding hydrogens is 344 g/mol. The van der Waals surface area contributed by atoms with E-state index < -0.39 is 6.10 Å². The first-order valence-corrected chi connectivity index (χ1v) is 9.70. The summed E-state index contributed by atoms with van der Waals surface area (Å²) in [6.45, 7) is 4.79. The van der Waals surface area contributed by atoms with E-state index in [0.29, 0.717) is 25.1 Å². The number of aromatic nitrogens is 2.